The normalized spacial score (nSPS) is 21.6. The number of nitrogens with two attached hydrogens (primary N) is 1. The van der Waals surface area contributed by atoms with Crippen molar-refractivity contribution < 1.29 is 0 Å². The van der Waals surface area contributed by atoms with E-state index in [0.29, 0.717) is 16.0 Å². The number of nitrogens with zero attached hydrogens (tertiary/aromatic N) is 2. The van der Waals surface area contributed by atoms with Crippen molar-refractivity contribution in [2.75, 3.05) is 19.6 Å². The lowest BCUT2D eigenvalue weighted by Gasteiger charge is -2.17. The first-order chi connectivity index (χ1) is 7.70. The van der Waals surface area contributed by atoms with Crippen LogP contribution >= 0.6 is 23.2 Å². The van der Waals surface area contributed by atoms with Gasteiger partial charge in [0, 0.05) is 31.0 Å². The van der Waals surface area contributed by atoms with Crippen LogP contribution in [0.1, 0.15) is 12.0 Å². The number of aromatic nitrogens is 1. The highest BCUT2D eigenvalue weighted by molar-refractivity contribution is 6.35. The zero-order chi connectivity index (χ0) is 11.5. The largest absolute Gasteiger partial charge is 0.330 e. The first-order valence-electron chi connectivity index (χ1n) is 5.41. The van der Waals surface area contributed by atoms with Gasteiger partial charge >= 0.3 is 0 Å². The maximum absolute atomic E-state index is 6.08. The highest BCUT2D eigenvalue weighted by atomic mass is 35.5. The number of halogens is 2. The molecule has 3 nitrogen and oxygen atoms in total. The summed E-state index contributed by atoms with van der Waals surface area (Å²) in [5.41, 5.74) is 6.63. The van der Waals surface area contributed by atoms with E-state index in [-0.39, 0.29) is 0 Å². The summed E-state index contributed by atoms with van der Waals surface area (Å²) in [7, 11) is 0. The highest BCUT2D eigenvalue weighted by Gasteiger charge is 2.22. The number of rotatable bonds is 3. The molecule has 2 heterocycles. The smallest absolute Gasteiger partial charge is 0.0649 e. The average Bonchev–Trinajstić information content (AvgIpc) is 2.71. The summed E-state index contributed by atoms with van der Waals surface area (Å²) in [5.74, 6) is 0.611. The molecule has 0 radical (unpaired) electrons. The fourth-order valence-electron chi connectivity index (χ4n) is 2.06. The van der Waals surface area contributed by atoms with Gasteiger partial charge in [0.15, 0.2) is 0 Å². The second kappa shape index (κ2) is 5.32. The fourth-order valence-corrected chi connectivity index (χ4v) is 2.55. The second-order valence-electron chi connectivity index (χ2n) is 4.21. The van der Waals surface area contributed by atoms with Gasteiger partial charge in [-0.2, -0.15) is 0 Å². The molecule has 0 aliphatic carbocycles. The lowest BCUT2D eigenvalue weighted by atomic mass is 10.1. The Kier molecular flexibility index (Phi) is 4.03. The van der Waals surface area contributed by atoms with Crippen molar-refractivity contribution >= 4 is 23.2 Å². The van der Waals surface area contributed by atoms with Gasteiger partial charge in [-0.15, -0.1) is 0 Å². The third-order valence-corrected chi connectivity index (χ3v) is 3.69. The molecule has 0 spiro atoms. The Morgan fingerprint density at radius 1 is 1.38 bits per heavy atom. The van der Waals surface area contributed by atoms with Crippen LogP contribution in [0.25, 0.3) is 0 Å². The first kappa shape index (κ1) is 12.1. The summed E-state index contributed by atoms with van der Waals surface area (Å²) >= 11 is 12.2. The molecule has 2 rings (SSSR count). The molecule has 1 aliphatic rings. The van der Waals surface area contributed by atoms with Gasteiger partial charge in [0.25, 0.3) is 0 Å². The molecular formula is C11H15Cl2N3. The van der Waals surface area contributed by atoms with Gasteiger partial charge in [-0.05, 0) is 25.4 Å². The van der Waals surface area contributed by atoms with E-state index in [1.54, 1.807) is 12.4 Å². The van der Waals surface area contributed by atoms with Crippen LogP contribution < -0.4 is 5.73 Å². The Hall–Kier alpha value is -0.350. The summed E-state index contributed by atoms with van der Waals surface area (Å²) in [6, 6.07) is 0. The zero-order valence-corrected chi connectivity index (χ0v) is 10.5. The summed E-state index contributed by atoms with van der Waals surface area (Å²) in [4.78, 5) is 6.29. The summed E-state index contributed by atoms with van der Waals surface area (Å²) in [6.07, 6.45) is 4.44. The zero-order valence-electron chi connectivity index (χ0n) is 9.00. The van der Waals surface area contributed by atoms with Crippen LogP contribution in [0, 0.1) is 5.92 Å². The molecule has 5 heteroatoms. The Bertz CT molecular complexity index is 350. The molecule has 0 saturated carbocycles. The van der Waals surface area contributed by atoms with Crippen LogP contribution in [0.3, 0.4) is 0 Å². The summed E-state index contributed by atoms with van der Waals surface area (Å²) in [5, 5.41) is 1.28. The van der Waals surface area contributed by atoms with Crippen molar-refractivity contribution in [2.45, 2.75) is 13.0 Å². The third kappa shape index (κ3) is 2.66. The number of likely N-dealkylation sites (tertiary alicyclic amines) is 1. The van der Waals surface area contributed by atoms with Gasteiger partial charge < -0.3 is 5.73 Å². The Morgan fingerprint density at radius 2 is 2.06 bits per heavy atom. The minimum absolute atomic E-state index is 0.611. The molecule has 0 bridgehead atoms. The molecule has 1 saturated heterocycles. The van der Waals surface area contributed by atoms with Gasteiger partial charge in [0.2, 0.25) is 0 Å². The third-order valence-electron chi connectivity index (χ3n) is 3.04. The molecule has 1 aromatic rings. The van der Waals surface area contributed by atoms with Crippen molar-refractivity contribution in [1.82, 2.24) is 9.88 Å². The minimum Gasteiger partial charge on any atom is -0.330 e. The van der Waals surface area contributed by atoms with Crippen LogP contribution in [0.15, 0.2) is 12.4 Å². The SMILES string of the molecule is NC[C@H]1CCN(Cc2c(Cl)cncc2Cl)C1. The molecule has 1 aliphatic heterocycles. The molecule has 1 atom stereocenters. The quantitative estimate of drug-likeness (QED) is 0.905. The maximum atomic E-state index is 6.08. The van der Waals surface area contributed by atoms with Crippen molar-refractivity contribution in [3.8, 4) is 0 Å². The van der Waals surface area contributed by atoms with E-state index in [1.165, 1.54) is 0 Å². The van der Waals surface area contributed by atoms with Crippen molar-refractivity contribution in [2.24, 2.45) is 11.7 Å². The molecule has 1 aromatic heterocycles. The summed E-state index contributed by atoms with van der Waals surface area (Å²) in [6.45, 7) is 3.65. The van der Waals surface area contributed by atoms with E-state index in [9.17, 15) is 0 Å². The molecule has 0 unspecified atom stereocenters. The van der Waals surface area contributed by atoms with Gasteiger partial charge in [-0.1, -0.05) is 23.2 Å². The Labute approximate surface area is 106 Å². The van der Waals surface area contributed by atoms with E-state index in [0.717, 1.165) is 38.2 Å². The molecule has 0 amide bonds. The topological polar surface area (TPSA) is 42.1 Å². The Morgan fingerprint density at radius 3 is 2.62 bits per heavy atom. The van der Waals surface area contributed by atoms with Crippen LogP contribution in [0.5, 0.6) is 0 Å². The number of hydrogen-bond acceptors (Lipinski definition) is 3. The predicted molar refractivity (Wildman–Crippen MR) is 66.7 cm³/mol. The highest BCUT2D eigenvalue weighted by Crippen LogP contribution is 2.26. The van der Waals surface area contributed by atoms with Gasteiger partial charge in [-0.25, -0.2) is 0 Å². The van der Waals surface area contributed by atoms with Gasteiger partial charge in [0.05, 0.1) is 10.0 Å². The van der Waals surface area contributed by atoms with E-state index in [2.05, 4.69) is 9.88 Å². The monoisotopic (exact) mass is 259 g/mol. The van der Waals surface area contributed by atoms with E-state index < -0.39 is 0 Å². The molecule has 2 N–H and O–H groups in total. The van der Waals surface area contributed by atoms with Crippen molar-refractivity contribution in [3.63, 3.8) is 0 Å². The van der Waals surface area contributed by atoms with Gasteiger partial charge in [0.1, 0.15) is 0 Å². The first-order valence-corrected chi connectivity index (χ1v) is 6.16. The predicted octanol–water partition coefficient (Wildman–Crippen LogP) is 2.17. The minimum atomic E-state index is 0.611. The van der Waals surface area contributed by atoms with Crippen LogP contribution in [0.2, 0.25) is 10.0 Å². The fraction of sp³-hybridized carbons (Fsp3) is 0.545. The maximum Gasteiger partial charge on any atom is 0.0649 e. The van der Waals surface area contributed by atoms with E-state index in [4.69, 9.17) is 28.9 Å². The molecule has 16 heavy (non-hydrogen) atoms. The lowest BCUT2D eigenvalue weighted by molar-refractivity contribution is 0.318. The molecule has 88 valence electrons. The lowest BCUT2D eigenvalue weighted by Crippen LogP contribution is -2.23. The van der Waals surface area contributed by atoms with Crippen LogP contribution in [0.4, 0.5) is 0 Å². The van der Waals surface area contributed by atoms with Crippen LogP contribution in [-0.2, 0) is 6.54 Å². The van der Waals surface area contributed by atoms with Crippen molar-refractivity contribution in [3.05, 3.63) is 28.0 Å². The van der Waals surface area contributed by atoms with Gasteiger partial charge in [-0.3, -0.25) is 9.88 Å². The average molecular weight is 260 g/mol. The van der Waals surface area contributed by atoms with Crippen LogP contribution in [-0.4, -0.2) is 29.5 Å². The van der Waals surface area contributed by atoms with E-state index in [1.807, 2.05) is 0 Å². The standard InChI is InChI=1S/C11H15Cl2N3/c12-10-4-15-5-11(13)9(10)7-16-2-1-8(3-14)6-16/h4-5,8H,1-3,6-7,14H2/t8-/m1/s1. The van der Waals surface area contributed by atoms with E-state index >= 15 is 0 Å². The summed E-state index contributed by atoms with van der Waals surface area (Å²) < 4.78 is 0. The number of hydrogen-bond donors (Lipinski definition) is 1. The Balaban J connectivity index is 2.04. The van der Waals surface area contributed by atoms with Crippen molar-refractivity contribution in [1.29, 1.82) is 0 Å². The molecule has 1 fully saturated rings. The molecule has 0 aromatic carbocycles. The second-order valence-corrected chi connectivity index (χ2v) is 5.02. The number of pyridine rings is 1. The molecular weight excluding hydrogens is 245 g/mol.